The van der Waals surface area contributed by atoms with Gasteiger partial charge in [0.2, 0.25) is 5.91 Å². The molecule has 27 heavy (non-hydrogen) atoms. The van der Waals surface area contributed by atoms with E-state index in [0.717, 1.165) is 11.3 Å². The van der Waals surface area contributed by atoms with Crippen LogP contribution in [-0.2, 0) is 4.79 Å². The molecule has 1 unspecified atom stereocenters. The molecule has 0 aliphatic carbocycles. The first-order chi connectivity index (χ1) is 13.0. The molecule has 0 saturated carbocycles. The molecule has 0 aliphatic heterocycles. The van der Waals surface area contributed by atoms with Crippen molar-refractivity contribution < 1.29 is 9.59 Å². The summed E-state index contributed by atoms with van der Waals surface area (Å²) in [6, 6.07) is 14.6. The predicted octanol–water partition coefficient (Wildman–Crippen LogP) is 3.06. The second kappa shape index (κ2) is 7.82. The fourth-order valence-corrected chi connectivity index (χ4v) is 2.75. The highest BCUT2D eigenvalue weighted by Crippen LogP contribution is 2.22. The number of benzene rings is 2. The van der Waals surface area contributed by atoms with E-state index in [1.165, 1.54) is 13.3 Å². The van der Waals surface area contributed by atoms with Gasteiger partial charge >= 0.3 is 0 Å². The van der Waals surface area contributed by atoms with Gasteiger partial charge in [0, 0.05) is 25.2 Å². The van der Waals surface area contributed by atoms with Crippen LogP contribution >= 0.6 is 0 Å². The standard InChI is InChI=1S/C20H21N5O2/c1-14(16-6-10-19(11-7-16)25-13-21-12-22-25)24(3)20(27)17-4-8-18(9-5-17)23-15(2)26/h4-14H,1-3H3,(H,23,26). The third-order valence-corrected chi connectivity index (χ3v) is 4.41. The molecule has 2 aromatic carbocycles. The monoisotopic (exact) mass is 363 g/mol. The third kappa shape index (κ3) is 4.20. The van der Waals surface area contributed by atoms with Gasteiger partial charge in [-0.1, -0.05) is 12.1 Å². The van der Waals surface area contributed by atoms with Gasteiger partial charge in [-0.25, -0.2) is 9.67 Å². The Hall–Kier alpha value is -3.48. The van der Waals surface area contributed by atoms with Gasteiger partial charge in [0.1, 0.15) is 12.7 Å². The van der Waals surface area contributed by atoms with Gasteiger partial charge < -0.3 is 10.2 Å². The Morgan fingerprint density at radius 2 is 1.74 bits per heavy atom. The number of carbonyl (C=O) groups is 2. The molecule has 0 bridgehead atoms. The van der Waals surface area contributed by atoms with Crippen LogP contribution in [0.15, 0.2) is 61.2 Å². The van der Waals surface area contributed by atoms with E-state index in [2.05, 4.69) is 15.4 Å². The van der Waals surface area contributed by atoms with Crippen molar-refractivity contribution in [3.05, 3.63) is 72.3 Å². The SMILES string of the molecule is CC(=O)Nc1ccc(C(=O)N(C)C(C)c2ccc(-n3cncn3)cc2)cc1. The highest BCUT2D eigenvalue weighted by atomic mass is 16.2. The average Bonchev–Trinajstić information content (AvgIpc) is 3.21. The van der Waals surface area contributed by atoms with Crippen LogP contribution in [-0.4, -0.2) is 38.5 Å². The van der Waals surface area contributed by atoms with Crippen molar-refractivity contribution in [2.24, 2.45) is 0 Å². The number of nitrogens with one attached hydrogen (secondary N) is 1. The average molecular weight is 363 g/mol. The zero-order chi connectivity index (χ0) is 19.4. The molecule has 7 nitrogen and oxygen atoms in total. The lowest BCUT2D eigenvalue weighted by Gasteiger charge is -2.25. The first-order valence-electron chi connectivity index (χ1n) is 8.55. The fraction of sp³-hybridized carbons (Fsp3) is 0.200. The van der Waals surface area contributed by atoms with Gasteiger partial charge in [-0.05, 0) is 48.9 Å². The maximum absolute atomic E-state index is 12.8. The fourth-order valence-electron chi connectivity index (χ4n) is 2.75. The third-order valence-electron chi connectivity index (χ3n) is 4.41. The van der Waals surface area contributed by atoms with Crippen LogP contribution in [0.25, 0.3) is 5.69 Å². The number of aromatic nitrogens is 3. The molecular formula is C20H21N5O2. The summed E-state index contributed by atoms with van der Waals surface area (Å²) in [5.41, 5.74) is 3.16. The molecule has 0 spiro atoms. The van der Waals surface area contributed by atoms with Crippen molar-refractivity contribution in [3.8, 4) is 5.69 Å². The van der Waals surface area contributed by atoms with E-state index in [9.17, 15) is 9.59 Å². The number of amides is 2. The van der Waals surface area contributed by atoms with Crippen LogP contribution in [0.3, 0.4) is 0 Å². The molecule has 1 atom stereocenters. The molecule has 2 amide bonds. The molecule has 0 saturated heterocycles. The van der Waals surface area contributed by atoms with Crippen LogP contribution in [0.1, 0.15) is 35.8 Å². The number of carbonyl (C=O) groups excluding carboxylic acids is 2. The molecular weight excluding hydrogens is 342 g/mol. The van der Waals surface area contributed by atoms with Crippen LogP contribution in [0, 0.1) is 0 Å². The lowest BCUT2D eigenvalue weighted by molar-refractivity contribution is -0.114. The van der Waals surface area contributed by atoms with E-state index in [1.54, 1.807) is 47.2 Å². The first kappa shape index (κ1) is 18.3. The molecule has 1 N–H and O–H groups in total. The van der Waals surface area contributed by atoms with Crippen LogP contribution < -0.4 is 5.32 Å². The van der Waals surface area contributed by atoms with E-state index in [0.29, 0.717) is 11.3 Å². The van der Waals surface area contributed by atoms with Crippen molar-refractivity contribution in [3.63, 3.8) is 0 Å². The Labute approximate surface area is 157 Å². The van der Waals surface area contributed by atoms with E-state index in [-0.39, 0.29) is 17.9 Å². The van der Waals surface area contributed by atoms with Crippen molar-refractivity contribution in [1.82, 2.24) is 19.7 Å². The quantitative estimate of drug-likeness (QED) is 0.755. The van der Waals surface area contributed by atoms with Crippen LogP contribution in [0.4, 0.5) is 5.69 Å². The zero-order valence-electron chi connectivity index (χ0n) is 15.5. The summed E-state index contributed by atoms with van der Waals surface area (Å²) < 4.78 is 1.68. The Kier molecular flexibility index (Phi) is 5.30. The van der Waals surface area contributed by atoms with Crippen molar-refractivity contribution in [2.75, 3.05) is 12.4 Å². The molecule has 1 heterocycles. The minimum Gasteiger partial charge on any atom is -0.335 e. The van der Waals surface area contributed by atoms with Gasteiger partial charge in [-0.2, -0.15) is 5.10 Å². The van der Waals surface area contributed by atoms with E-state index >= 15 is 0 Å². The zero-order valence-corrected chi connectivity index (χ0v) is 15.5. The highest BCUT2D eigenvalue weighted by Gasteiger charge is 2.19. The molecule has 138 valence electrons. The highest BCUT2D eigenvalue weighted by molar-refractivity contribution is 5.95. The van der Waals surface area contributed by atoms with Crippen molar-refractivity contribution in [2.45, 2.75) is 19.9 Å². The second-order valence-electron chi connectivity index (χ2n) is 6.28. The number of hydrogen-bond donors (Lipinski definition) is 1. The van der Waals surface area contributed by atoms with Crippen molar-refractivity contribution in [1.29, 1.82) is 0 Å². The largest absolute Gasteiger partial charge is 0.335 e. The Balaban J connectivity index is 1.71. The molecule has 3 aromatic rings. The lowest BCUT2D eigenvalue weighted by atomic mass is 10.1. The maximum Gasteiger partial charge on any atom is 0.254 e. The molecule has 0 radical (unpaired) electrons. The minimum atomic E-state index is -0.144. The minimum absolute atomic E-state index is 0.0859. The topological polar surface area (TPSA) is 80.1 Å². The first-order valence-corrected chi connectivity index (χ1v) is 8.55. The van der Waals surface area contributed by atoms with Crippen LogP contribution in [0.2, 0.25) is 0 Å². The smallest absolute Gasteiger partial charge is 0.254 e. The summed E-state index contributed by atoms with van der Waals surface area (Å²) in [7, 11) is 1.78. The molecule has 1 aromatic heterocycles. The Morgan fingerprint density at radius 3 is 2.30 bits per heavy atom. The summed E-state index contributed by atoms with van der Waals surface area (Å²) in [6.45, 7) is 3.43. The number of hydrogen-bond acceptors (Lipinski definition) is 4. The molecule has 7 heteroatoms. The Morgan fingerprint density at radius 1 is 1.07 bits per heavy atom. The second-order valence-corrected chi connectivity index (χ2v) is 6.28. The van der Waals surface area contributed by atoms with Gasteiger partial charge in [0.05, 0.1) is 11.7 Å². The summed E-state index contributed by atoms with van der Waals surface area (Å²) in [6.07, 6.45) is 3.12. The predicted molar refractivity (Wildman–Crippen MR) is 103 cm³/mol. The van der Waals surface area contributed by atoms with Gasteiger partial charge in [-0.15, -0.1) is 0 Å². The van der Waals surface area contributed by atoms with E-state index in [1.807, 2.05) is 31.2 Å². The van der Waals surface area contributed by atoms with E-state index in [4.69, 9.17) is 0 Å². The number of anilines is 1. The lowest BCUT2D eigenvalue weighted by Crippen LogP contribution is -2.29. The van der Waals surface area contributed by atoms with Gasteiger partial charge in [-0.3, -0.25) is 9.59 Å². The molecule has 3 rings (SSSR count). The number of nitrogens with zero attached hydrogens (tertiary/aromatic N) is 4. The van der Waals surface area contributed by atoms with E-state index < -0.39 is 0 Å². The van der Waals surface area contributed by atoms with Gasteiger partial charge in [0.15, 0.2) is 0 Å². The maximum atomic E-state index is 12.8. The van der Waals surface area contributed by atoms with Crippen LogP contribution in [0.5, 0.6) is 0 Å². The van der Waals surface area contributed by atoms with Crippen molar-refractivity contribution >= 4 is 17.5 Å². The Bertz CT molecular complexity index is 918. The molecule has 0 aliphatic rings. The summed E-state index contributed by atoms with van der Waals surface area (Å²) in [5, 5.41) is 6.79. The summed E-state index contributed by atoms with van der Waals surface area (Å²) in [5.74, 6) is -0.230. The summed E-state index contributed by atoms with van der Waals surface area (Å²) in [4.78, 5) is 29.5. The number of rotatable bonds is 5. The normalized spacial score (nSPS) is 11.7. The van der Waals surface area contributed by atoms with Gasteiger partial charge in [0.25, 0.3) is 5.91 Å². The molecule has 0 fully saturated rings. The summed E-state index contributed by atoms with van der Waals surface area (Å²) >= 11 is 0.